The molecule has 0 unspecified atom stereocenters. The first kappa shape index (κ1) is 12.6. The molecule has 1 amide bonds. The zero-order chi connectivity index (χ0) is 13.8. The van der Waals surface area contributed by atoms with E-state index in [2.05, 4.69) is 10.3 Å². The van der Waals surface area contributed by atoms with E-state index in [4.69, 9.17) is 4.42 Å². The lowest BCUT2D eigenvalue weighted by Gasteiger charge is -2.04. The molecule has 3 aromatic rings. The Labute approximate surface area is 120 Å². The van der Waals surface area contributed by atoms with Gasteiger partial charge in [0.1, 0.15) is 5.76 Å². The van der Waals surface area contributed by atoms with Crippen molar-refractivity contribution in [1.29, 1.82) is 0 Å². The molecular formula is C15H12N2O2S. The number of furan rings is 1. The number of nitrogens with zero attached hydrogens (tertiary/aromatic N) is 1. The summed E-state index contributed by atoms with van der Waals surface area (Å²) in [4.78, 5) is 17.3. The van der Waals surface area contributed by atoms with E-state index in [1.807, 2.05) is 29.6 Å². The normalized spacial score (nSPS) is 10.4. The molecule has 4 nitrogen and oxygen atoms in total. The minimum atomic E-state index is -0.160. The van der Waals surface area contributed by atoms with Crippen LogP contribution in [0.5, 0.6) is 0 Å². The molecule has 0 atom stereocenters. The molecule has 100 valence electrons. The number of nitrogens with one attached hydrogen (secondary N) is 1. The highest BCUT2D eigenvalue weighted by Crippen LogP contribution is 2.24. The van der Waals surface area contributed by atoms with Crippen molar-refractivity contribution in [2.45, 2.75) is 6.54 Å². The van der Waals surface area contributed by atoms with E-state index in [1.165, 1.54) is 0 Å². The molecule has 0 aliphatic rings. The Bertz CT molecular complexity index is 691. The predicted octanol–water partition coefficient (Wildman–Crippen LogP) is 3.33. The van der Waals surface area contributed by atoms with Crippen LogP contribution in [0.2, 0.25) is 0 Å². The molecule has 0 aliphatic heterocycles. The van der Waals surface area contributed by atoms with Crippen molar-refractivity contribution >= 4 is 17.2 Å². The molecule has 5 heteroatoms. The van der Waals surface area contributed by atoms with Crippen molar-refractivity contribution in [3.8, 4) is 10.4 Å². The highest BCUT2D eigenvalue weighted by molar-refractivity contribution is 7.13. The number of thiophene rings is 1. The maximum atomic E-state index is 12.1. The monoisotopic (exact) mass is 284 g/mol. The first-order valence-corrected chi connectivity index (χ1v) is 7.00. The highest BCUT2D eigenvalue weighted by atomic mass is 32.1. The Kier molecular flexibility index (Phi) is 3.60. The number of hydrogen-bond donors (Lipinski definition) is 1. The molecule has 3 heterocycles. The van der Waals surface area contributed by atoms with Crippen LogP contribution in [0, 0.1) is 0 Å². The van der Waals surface area contributed by atoms with Crippen LogP contribution < -0.4 is 5.32 Å². The number of amides is 1. The molecular weight excluding hydrogens is 272 g/mol. The molecule has 0 saturated carbocycles. The lowest BCUT2D eigenvalue weighted by molar-refractivity contribution is 0.0947. The second-order valence-electron chi connectivity index (χ2n) is 4.20. The maximum absolute atomic E-state index is 12.1. The lowest BCUT2D eigenvalue weighted by atomic mass is 10.1. The lowest BCUT2D eigenvalue weighted by Crippen LogP contribution is -2.22. The quantitative estimate of drug-likeness (QED) is 0.799. The van der Waals surface area contributed by atoms with E-state index in [0.717, 1.165) is 16.2 Å². The summed E-state index contributed by atoms with van der Waals surface area (Å²) in [5.41, 5.74) is 1.49. The Hall–Kier alpha value is -2.40. The summed E-state index contributed by atoms with van der Waals surface area (Å²) in [5.74, 6) is 0.563. The summed E-state index contributed by atoms with van der Waals surface area (Å²) in [6.07, 6.45) is 4.91. The van der Waals surface area contributed by atoms with E-state index in [9.17, 15) is 4.79 Å². The van der Waals surface area contributed by atoms with Crippen molar-refractivity contribution in [3.05, 3.63) is 65.7 Å². The zero-order valence-corrected chi connectivity index (χ0v) is 11.4. The fourth-order valence-electron chi connectivity index (χ4n) is 1.82. The molecule has 20 heavy (non-hydrogen) atoms. The molecule has 0 spiro atoms. The molecule has 3 rings (SSSR count). The summed E-state index contributed by atoms with van der Waals surface area (Å²) >= 11 is 1.62. The van der Waals surface area contributed by atoms with Crippen molar-refractivity contribution in [3.63, 3.8) is 0 Å². The predicted molar refractivity (Wildman–Crippen MR) is 77.4 cm³/mol. The molecule has 0 bridgehead atoms. The molecule has 1 N–H and O–H groups in total. The van der Waals surface area contributed by atoms with Gasteiger partial charge in [0.25, 0.3) is 5.91 Å². The number of aromatic nitrogens is 1. The van der Waals surface area contributed by atoms with Crippen molar-refractivity contribution in [2.24, 2.45) is 0 Å². The van der Waals surface area contributed by atoms with Gasteiger partial charge >= 0.3 is 0 Å². The van der Waals surface area contributed by atoms with E-state index in [1.54, 1.807) is 36.1 Å². The molecule has 0 aliphatic carbocycles. The van der Waals surface area contributed by atoms with Gasteiger partial charge in [0, 0.05) is 22.8 Å². The number of carbonyl (C=O) groups excluding carboxylic acids is 1. The number of pyridine rings is 1. The highest BCUT2D eigenvalue weighted by Gasteiger charge is 2.08. The van der Waals surface area contributed by atoms with Crippen LogP contribution in [0.3, 0.4) is 0 Å². The SMILES string of the molecule is O=C(NCc1ccco1)c1cncc(-c2cccs2)c1. The Balaban J connectivity index is 1.73. The maximum Gasteiger partial charge on any atom is 0.253 e. The van der Waals surface area contributed by atoms with Gasteiger partial charge in [0.15, 0.2) is 0 Å². The van der Waals surface area contributed by atoms with Gasteiger partial charge in [0.05, 0.1) is 18.4 Å². The third kappa shape index (κ3) is 2.78. The van der Waals surface area contributed by atoms with Gasteiger partial charge in [-0.2, -0.15) is 0 Å². The van der Waals surface area contributed by atoms with Crippen LogP contribution in [0.4, 0.5) is 0 Å². The molecule has 0 fully saturated rings. The van der Waals surface area contributed by atoms with Gasteiger partial charge in [0.2, 0.25) is 0 Å². The third-order valence-electron chi connectivity index (χ3n) is 2.81. The van der Waals surface area contributed by atoms with E-state index in [0.29, 0.717) is 12.1 Å². The van der Waals surface area contributed by atoms with Crippen molar-refractivity contribution < 1.29 is 9.21 Å². The Morgan fingerprint density at radius 2 is 2.25 bits per heavy atom. The average Bonchev–Trinajstić information content (AvgIpc) is 3.18. The molecule has 3 aromatic heterocycles. The van der Waals surface area contributed by atoms with E-state index < -0.39 is 0 Å². The van der Waals surface area contributed by atoms with Gasteiger partial charge in [-0.1, -0.05) is 6.07 Å². The Morgan fingerprint density at radius 3 is 3.00 bits per heavy atom. The smallest absolute Gasteiger partial charge is 0.253 e. The van der Waals surface area contributed by atoms with Crippen molar-refractivity contribution in [1.82, 2.24) is 10.3 Å². The topological polar surface area (TPSA) is 55.1 Å². The second kappa shape index (κ2) is 5.71. The Morgan fingerprint density at radius 1 is 1.30 bits per heavy atom. The molecule has 0 radical (unpaired) electrons. The van der Waals surface area contributed by atoms with Crippen LogP contribution in [0.25, 0.3) is 10.4 Å². The minimum Gasteiger partial charge on any atom is -0.467 e. The number of hydrogen-bond acceptors (Lipinski definition) is 4. The molecule has 0 saturated heterocycles. The van der Waals surface area contributed by atoms with E-state index in [-0.39, 0.29) is 5.91 Å². The number of carbonyl (C=O) groups is 1. The summed E-state index contributed by atoms with van der Waals surface area (Å²) in [6.45, 7) is 0.370. The van der Waals surface area contributed by atoms with E-state index >= 15 is 0 Å². The van der Waals surface area contributed by atoms with Gasteiger partial charge in [-0.05, 0) is 29.6 Å². The van der Waals surface area contributed by atoms with Crippen LogP contribution in [0.15, 0.2) is 58.8 Å². The summed E-state index contributed by atoms with van der Waals surface area (Å²) in [6, 6.07) is 9.44. The largest absolute Gasteiger partial charge is 0.467 e. The first-order valence-electron chi connectivity index (χ1n) is 6.12. The van der Waals surface area contributed by atoms with Gasteiger partial charge < -0.3 is 9.73 Å². The van der Waals surface area contributed by atoms with Crippen LogP contribution in [-0.2, 0) is 6.54 Å². The summed E-state index contributed by atoms with van der Waals surface area (Å²) in [7, 11) is 0. The first-order chi connectivity index (χ1) is 9.83. The van der Waals surface area contributed by atoms with Crippen LogP contribution in [0.1, 0.15) is 16.1 Å². The second-order valence-corrected chi connectivity index (χ2v) is 5.15. The molecule has 0 aromatic carbocycles. The zero-order valence-electron chi connectivity index (χ0n) is 10.6. The van der Waals surface area contributed by atoms with Crippen LogP contribution in [-0.4, -0.2) is 10.9 Å². The van der Waals surface area contributed by atoms with Gasteiger partial charge in [-0.25, -0.2) is 0 Å². The standard InChI is InChI=1S/C15H12N2O2S/c18-15(17-10-13-3-1-5-19-13)12-7-11(8-16-9-12)14-4-2-6-20-14/h1-9H,10H2,(H,17,18). The number of rotatable bonds is 4. The fourth-order valence-corrected chi connectivity index (χ4v) is 2.53. The third-order valence-corrected chi connectivity index (χ3v) is 3.73. The fraction of sp³-hybridized carbons (Fsp3) is 0.0667. The van der Waals surface area contributed by atoms with Gasteiger partial charge in [-0.15, -0.1) is 11.3 Å². The van der Waals surface area contributed by atoms with Crippen molar-refractivity contribution in [2.75, 3.05) is 0 Å². The average molecular weight is 284 g/mol. The van der Waals surface area contributed by atoms with Crippen LogP contribution >= 0.6 is 11.3 Å². The minimum absolute atomic E-state index is 0.160. The van der Waals surface area contributed by atoms with Gasteiger partial charge in [-0.3, -0.25) is 9.78 Å². The summed E-state index contributed by atoms with van der Waals surface area (Å²) < 4.78 is 5.17. The summed E-state index contributed by atoms with van der Waals surface area (Å²) in [5, 5.41) is 4.80.